The summed E-state index contributed by atoms with van der Waals surface area (Å²) in [5.41, 5.74) is 0.916. The van der Waals surface area contributed by atoms with E-state index in [4.69, 9.17) is 4.74 Å². The molecule has 1 atom stereocenters. The number of likely N-dealkylation sites (tertiary alicyclic amines) is 1. The van der Waals surface area contributed by atoms with Crippen molar-refractivity contribution in [2.24, 2.45) is 0 Å². The first kappa shape index (κ1) is 17.0. The molecule has 0 aliphatic carbocycles. The Bertz CT molecular complexity index is 598. The molecule has 1 saturated heterocycles. The molecule has 3 amide bonds. The van der Waals surface area contributed by atoms with Crippen LogP contribution in [0.3, 0.4) is 0 Å². The van der Waals surface area contributed by atoms with Crippen LogP contribution >= 0.6 is 0 Å². The molecule has 0 N–H and O–H groups in total. The molecule has 0 spiro atoms. The largest absolute Gasteiger partial charge is 0.496 e. The smallest absolute Gasteiger partial charge is 0.229 e. The highest BCUT2D eigenvalue weighted by molar-refractivity contribution is 6.02. The van der Waals surface area contributed by atoms with Crippen LogP contribution in [0.5, 0.6) is 5.75 Å². The Morgan fingerprint density at radius 1 is 1.26 bits per heavy atom. The number of nitrogens with zero attached hydrogens (tertiary/aromatic N) is 2. The number of carbonyl (C=O) groups excluding carboxylic acids is 3. The van der Waals surface area contributed by atoms with Crippen molar-refractivity contribution in [2.75, 3.05) is 20.7 Å². The molecule has 1 heterocycles. The normalized spacial score (nSPS) is 15.7. The molecular weight excluding hydrogens is 296 g/mol. The van der Waals surface area contributed by atoms with E-state index in [1.54, 1.807) is 19.1 Å². The fourth-order valence-corrected chi connectivity index (χ4v) is 2.69. The number of ether oxygens (including phenoxy) is 1. The third-order valence-electron chi connectivity index (χ3n) is 4.27. The molecule has 6 heteroatoms. The highest BCUT2D eigenvalue weighted by atomic mass is 16.5. The summed E-state index contributed by atoms with van der Waals surface area (Å²) < 4.78 is 5.33. The predicted octanol–water partition coefficient (Wildman–Crippen LogP) is 1.75. The van der Waals surface area contributed by atoms with Crippen LogP contribution in [0.1, 0.15) is 37.8 Å². The predicted molar refractivity (Wildman–Crippen MR) is 84.8 cm³/mol. The Balaban J connectivity index is 1.99. The monoisotopic (exact) mass is 318 g/mol. The number of imide groups is 1. The summed E-state index contributed by atoms with van der Waals surface area (Å²) in [6.07, 6.45) is 0.633. The van der Waals surface area contributed by atoms with Gasteiger partial charge in [0.2, 0.25) is 17.7 Å². The zero-order valence-corrected chi connectivity index (χ0v) is 13.7. The maximum Gasteiger partial charge on any atom is 0.229 e. The minimum Gasteiger partial charge on any atom is -0.496 e. The number of benzene rings is 1. The molecule has 1 fully saturated rings. The summed E-state index contributed by atoms with van der Waals surface area (Å²) in [7, 11) is 3.31. The molecular formula is C17H22N2O4. The van der Waals surface area contributed by atoms with E-state index in [9.17, 15) is 14.4 Å². The Labute approximate surface area is 136 Å². The number of amides is 3. The molecule has 0 radical (unpaired) electrons. The zero-order chi connectivity index (χ0) is 17.0. The van der Waals surface area contributed by atoms with Crippen molar-refractivity contribution in [3.8, 4) is 5.75 Å². The molecule has 1 aliphatic heterocycles. The lowest BCUT2D eigenvalue weighted by molar-refractivity contribution is -0.139. The second-order valence-corrected chi connectivity index (χ2v) is 5.61. The van der Waals surface area contributed by atoms with Gasteiger partial charge in [0.1, 0.15) is 5.75 Å². The second-order valence-electron chi connectivity index (χ2n) is 5.61. The lowest BCUT2D eigenvalue weighted by Crippen LogP contribution is -2.36. The average molecular weight is 318 g/mol. The number of carbonyl (C=O) groups is 3. The summed E-state index contributed by atoms with van der Waals surface area (Å²) in [6.45, 7) is 2.07. The van der Waals surface area contributed by atoms with Gasteiger partial charge >= 0.3 is 0 Å². The zero-order valence-electron chi connectivity index (χ0n) is 13.7. The third kappa shape index (κ3) is 3.70. The Morgan fingerprint density at radius 3 is 2.48 bits per heavy atom. The van der Waals surface area contributed by atoms with E-state index in [2.05, 4.69) is 0 Å². The molecule has 1 aliphatic rings. The van der Waals surface area contributed by atoms with E-state index in [1.165, 1.54) is 4.90 Å². The lowest BCUT2D eigenvalue weighted by Gasteiger charge is -2.27. The lowest BCUT2D eigenvalue weighted by atomic mass is 10.1. The van der Waals surface area contributed by atoms with Gasteiger partial charge in [0, 0.05) is 38.4 Å². The fraction of sp³-hybridized carbons (Fsp3) is 0.471. The van der Waals surface area contributed by atoms with Crippen molar-refractivity contribution in [1.82, 2.24) is 9.80 Å². The maximum atomic E-state index is 12.4. The number of methoxy groups -OCH3 is 1. The minimum atomic E-state index is -0.191. The van der Waals surface area contributed by atoms with Crippen LogP contribution in [0.25, 0.3) is 0 Å². The van der Waals surface area contributed by atoms with Crippen LogP contribution in [0.15, 0.2) is 24.3 Å². The molecule has 1 aromatic carbocycles. The SMILES string of the molecule is COc1ccccc1[C@H](C)N(C)C(=O)CCN1C(=O)CCC1=O. The average Bonchev–Trinajstić information content (AvgIpc) is 2.89. The van der Waals surface area contributed by atoms with Gasteiger partial charge in [0.15, 0.2) is 0 Å². The molecule has 6 nitrogen and oxygen atoms in total. The molecule has 2 rings (SSSR count). The van der Waals surface area contributed by atoms with Gasteiger partial charge < -0.3 is 9.64 Å². The van der Waals surface area contributed by atoms with Crippen molar-refractivity contribution in [3.05, 3.63) is 29.8 Å². The highest BCUT2D eigenvalue weighted by Gasteiger charge is 2.29. The van der Waals surface area contributed by atoms with Gasteiger partial charge in [-0.25, -0.2) is 0 Å². The summed E-state index contributed by atoms with van der Waals surface area (Å²) >= 11 is 0. The van der Waals surface area contributed by atoms with E-state index in [0.717, 1.165) is 11.3 Å². The van der Waals surface area contributed by atoms with Crippen molar-refractivity contribution >= 4 is 17.7 Å². The van der Waals surface area contributed by atoms with Crippen LogP contribution in [-0.4, -0.2) is 48.2 Å². The first-order chi connectivity index (χ1) is 11.0. The molecule has 0 saturated carbocycles. The molecule has 1 aromatic rings. The van der Waals surface area contributed by atoms with Gasteiger partial charge in [-0.15, -0.1) is 0 Å². The van der Waals surface area contributed by atoms with Gasteiger partial charge in [-0.05, 0) is 13.0 Å². The fourth-order valence-electron chi connectivity index (χ4n) is 2.69. The Kier molecular flexibility index (Phi) is 5.36. The number of para-hydroxylation sites is 1. The quantitative estimate of drug-likeness (QED) is 0.750. The summed E-state index contributed by atoms with van der Waals surface area (Å²) in [5.74, 6) is 0.229. The first-order valence-corrected chi connectivity index (χ1v) is 7.67. The van der Waals surface area contributed by atoms with Gasteiger partial charge in [0.25, 0.3) is 0 Å². The van der Waals surface area contributed by atoms with Gasteiger partial charge in [-0.2, -0.15) is 0 Å². The van der Waals surface area contributed by atoms with E-state index >= 15 is 0 Å². The van der Waals surface area contributed by atoms with Crippen molar-refractivity contribution in [1.29, 1.82) is 0 Å². The second kappa shape index (κ2) is 7.26. The van der Waals surface area contributed by atoms with Crippen LogP contribution in [-0.2, 0) is 14.4 Å². The van der Waals surface area contributed by atoms with Crippen molar-refractivity contribution in [2.45, 2.75) is 32.2 Å². The maximum absolute atomic E-state index is 12.4. The summed E-state index contributed by atoms with van der Waals surface area (Å²) in [6, 6.07) is 7.38. The van der Waals surface area contributed by atoms with Gasteiger partial charge in [-0.1, -0.05) is 18.2 Å². The minimum absolute atomic E-state index is 0.115. The standard InChI is InChI=1S/C17H22N2O4/c1-12(13-6-4-5-7-14(13)23-3)18(2)15(20)10-11-19-16(21)8-9-17(19)22/h4-7,12H,8-11H2,1-3H3/t12-/m0/s1. The van der Waals surface area contributed by atoms with Crippen LogP contribution in [0.4, 0.5) is 0 Å². The Morgan fingerprint density at radius 2 is 1.87 bits per heavy atom. The van der Waals surface area contributed by atoms with Crippen molar-refractivity contribution in [3.63, 3.8) is 0 Å². The first-order valence-electron chi connectivity index (χ1n) is 7.67. The Hall–Kier alpha value is -2.37. The molecule has 23 heavy (non-hydrogen) atoms. The molecule has 0 bridgehead atoms. The van der Waals surface area contributed by atoms with E-state index in [1.807, 2.05) is 31.2 Å². The molecule has 0 aromatic heterocycles. The highest BCUT2D eigenvalue weighted by Crippen LogP contribution is 2.28. The summed E-state index contributed by atoms with van der Waals surface area (Å²) in [4.78, 5) is 38.3. The summed E-state index contributed by atoms with van der Waals surface area (Å²) in [5, 5.41) is 0. The van der Waals surface area contributed by atoms with Crippen LogP contribution in [0.2, 0.25) is 0 Å². The van der Waals surface area contributed by atoms with Crippen molar-refractivity contribution < 1.29 is 19.1 Å². The topological polar surface area (TPSA) is 66.9 Å². The van der Waals surface area contributed by atoms with Crippen LogP contribution in [0, 0.1) is 0 Å². The van der Waals surface area contributed by atoms with Crippen LogP contribution < -0.4 is 4.74 Å². The van der Waals surface area contributed by atoms with E-state index in [-0.39, 0.29) is 49.6 Å². The van der Waals surface area contributed by atoms with E-state index in [0.29, 0.717) is 0 Å². The van der Waals surface area contributed by atoms with E-state index < -0.39 is 0 Å². The number of rotatable bonds is 6. The number of hydrogen-bond donors (Lipinski definition) is 0. The third-order valence-corrected chi connectivity index (χ3v) is 4.27. The van der Waals surface area contributed by atoms with Gasteiger partial charge in [0.05, 0.1) is 13.2 Å². The number of hydrogen-bond acceptors (Lipinski definition) is 4. The molecule has 124 valence electrons. The molecule has 0 unspecified atom stereocenters. The van der Waals surface area contributed by atoms with Gasteiger partial charge in [-0.3, -0.25) is 19.3 Å².